The zero-order chi connectivity index (χ0) is 9.84. The summed E-state index contributed by atoms with van der Waals surface area (Å²) in [5, 5.41) is 0. The highest BCUT2D eigenvalue weighted by atomic mass is 16.4. The van der Waals surface area contributed by atoms with Gasteiger partial charge in [0, 0.05) is 6.42 Å². The lowest BCUT2D eigenvalue weighted by molar-refractivity contribution is 0.485. The van der Waals surface area contributed by atoms with Crippen molar-refractivity contribution in [1.82, 2.24) is 4.98 Å². The number of anilines is 1. The van der Waals surface area contributed by atoms with Gasteiger partial charge in [-0.2, -0.15) is 4.98 Å². The fourth-order valence-electron chi connectivity index (χ4n) is 1.35. The van der Waals surface area contributed by atoms with Gasteiger partial charge in [0.15, 0.2) is 0 Å². The van der Waals surface area contributed by atoms with Crippen molar-refractivity contribution < 1.29 is 4.42 Å². The molecule has 0 aromatic carbocycles. The summed E-state index contributed by atoms with van der Waals surface area (Å²) in [6.45, 7) is 6.38. The Hall–Kier alpha value is -0.990. The van der Waals surface area contributed by atoms with Crippen molar-refractivity contribution in [1.29, 1.82) is 0 Å². The Labute approximate surface area is 79.3 Å². The van der Waals surface area contributed by atoms with Crippen LogP contribution in [0.25, 0.3) is 0 Å². The Bertz CT molecular complexity index is 266. The Morgan fingerprint density at radius 1 is 1.46 bits per heavy atom. The molecular formula is C10H18N2O. The van der Waals surface area contributed by atoms with E-state index in [9.17, 15) is 0 Å². The van der Waals surface area contributed by atoms with Crippen LogP contribution in [-0.4, -0.2) is 4.98 Å². The molecule has 0 saturated carbocycles. The van der Waals surface area contributed by atoms with Gasteiger partial charge in [0.1, 0.15) is 5.76 Å². The minimum atomic E-state index is 0.289. The molecule has 0 aliphatic rings. The molecule has 3 nitrogen and oxygen atoms in total. The second-order valence-electron chi connectivity index (χ2n) is 3.85. The highest BCUT2D eigenvalue weighted by Gasteiger charge is 2.06. The van der Waals surface area contributed by atoms with Crippen molar-refractivity contribution in [3.05, 3.63) is 11.5 Å². The van der Waals surface area contributed by atoms with Crippen molar-refractivity contribution in [2.24, 2.45) is 5.92 Å². The van der Waals surface area contributed by atoms with Crippen molar-refractivity contribution in [3.8, 4) is 0 Å². The summed E-state index contributed by atoms with van der Waals surface area (Å²) in [6, 6.07) is 0.289. The van der Waals surface area contributed by atoms with Gasteiger partial charge >= 0.3 is 0 Å². The SMILES string of the molecule is Cc1nc(N)oc1CCCC(C)C. The predicted molar refractivity (Wildman–Crippen MR) is 53.4 cm³/mol. The molecule has 13 heavy (non-hydrogen) atoms. The van der Waals surface area contributed by atoms with Crippen LogP contribution in [0, 0.1) is 12.8 Å². The van der Waals surface area contributed by atoms with Gasteiger partial charge in [-0.1, -0.05) is 20.3 Å². The van der Waals surface area contributed by atoms with Crippen LogP contribution in [0.2, 0.25) is 0 Å². The van der Waals surface area contributed by atoms with Gasteiger partial charge in [0.05, 0.1) is 5.69 Å². The van der Waals surface area contributed by atoms with Crippen molar-refractivity contribution in [2.45, 2.75) is 40.0 Å². The first-order valence-corrected chi connectivity index (χ1v) is 4.81. The van der Waals surface area contributed by atoms with Crippen molar-refractivity contribution in [3.63, 3.8) is 0 Å². The third-order valence-corrected chi connectivity index (χ3v) is 2.09. The van der Waals surface area contributed by atoms with Gasteiger partial charge in [-0.3, -0.25) is 0 Å². The van der Waals surface area contributed by atoms with E-state index in [4.69, 9.17) is 10.2 Å². The number of nitrogen functional groups attached to an aromatic ring is 1. The topological polar surface area (TPSA) is 52.0 Å². The first-order chi connectivity index (χ1) is 6.09. The molecule has 74 valence electrons. The number of aromatic nitrogens is 1. The quantitative estimate of drug-likeness (QED) is 0.778. The highest BCUT2D eigenvalue weighted by molar-refractivity contribution is 5.18. The van der Waals surface area contributed by atoms with Crippen LogP contribution >= 0.6 is 0 Å². The number of hydrogen-bond acceptors (Lipinski definition) is 3. The minimum absolute atomic E-state index is 0.289. The van der Waals surface area contributed by atoms with Crippen LogP contribution < -0.4 is 5.73 Å². The van der Waals surface area contributed by atoms with E-state index in [1.807, 2.05) is 6.92 Å². The van der Waals surface area contributed by atoms with Crippen LogP contribution in [-0.2, 0) is 6.42 Å². The molecule has 1 heterocycles. The predicted octanol–water partition coefficient (Wildman–Crippen LogP) is 2.54. The average molecular weight is 182 g/mol. The summed E-state index contributed by atoms with van der Waals surface area (Å²) in [4.78, 5) is 4.02. The van der Waals surface area contributed by atoms with E-state index in [2.05, 4.69) is 18.8 Å². The third-order valence-electron chi connectivity index (χ3n) is 2.09. The molecular weight excluding hydrogens is 164 g/mol. The standard InChI is InChI=1S/C10H18N2O/c1-7(2)5-4-6-9-8(3)12-10(11)13-9/h7H,4-6H2,1-3H3,(H2,11,12). The maximum atomic E-state index is 5.43. The average Bonchev–Trinajstić information content (AvgIpc) is 2.29. The van der Waals surface area contributed by atoms with E-state index >= 15 is 0 Å². The Morgan fingerprint density at radius 3 is 2.62 bits per heavy atom. The molecule has 0 unspecified atom stereocenters. The van der Waals surface area contributed by atoms with Crippen LogP contribution in [0.15, 0.2) is 4.42 Å². The summed E-state index contributed by atoms with van der Waals surface area (Å²) in [7, 11) is 0. The molecule has 1 aromatic rings. The van der Waals surface area contributed by atoms with Crippen LogP contribution in [0.4, 0.5) is 6.01 Å². The van der Waals surface area contributed by atoms with Gasteiger partial charge < -0.3 is 10.2 Å². The van der Waals surface area contributed by atoms with Gasteiger partial charge in [0.25, 0.3) is 6.01 Å². The zero-order valence-corrected chi connectivity index (χ0v) is 8.63. The highest BCUT2D eigenvalue weighted by Crippen LogP contribution is 2.15. The fourth-order valence-corrected chi connectivity index (χ4v) is 1.35. The minimum Gasteiger partial charge on any atom is -0.429 e. The van der Waals surface area contributed by atoms with Gasteiger partial charge in [0.2, 0.25) is 0 Å². The number of oxazole rings is 1. The van der Waals surface area contributed by atoms with Crippen LogP contribution in [0.1, 0.15) is 38.1 Å². The summed E-state index contributed by atoms with van der Waals surface area (Å²) >= 11 is 0. The lowest BCUT2D eigenvalue weighted by Gasteiger charge is -2.02. The van der Waals surface area contributed by atoms with E-state index in [0.29, 0.717) is 0 Å². The van der Waals surface area contributed by atoms with Gasteiger partial charge in [-0.15, -0.1) is 0 Å². The number of aryl methyl sites for hydroxylation is 2. The van der Waals surface area contributed by atoms with E-state index in [1.165, 1.54) is 6.42 Å². The molecule has 2 N–H and O–H groups in total. The smallest absolute Gasteiger partial charge is 0.292 e. The van der Waals surface area contributed by atoms with Crippen LogP contribution in [0.5, 0.6) is 0 Å². The molecule has 0 saturated heterocycles. The molecule has 0 spiro atoms. The molecule has 0 aliphatic carbocycles. The number of hydrogen-bond donors (Lipinski definition) is 1. The summed E-state index contributed by atoms with van der Waals surface area (Å²) < 4.78 is 5.26. The molecule has 0 bridgehead atoms. The maximum Gasteiger partial charge on any atom is 0.292 e. The van der Waals surface area contributed by atoms with Crippen molar-refractivity contribution >= 4 is 6.01 Å². The summed E-state index contributed by atoms with van der Waals surface area (Å²) in [5.41, 5.74) is 6.36. The number of rotatable bonds is 4. The van der Waals surface area contributed by atoms with Crippen LogP contribution in [0.3, 0.4) is 0 Å². The Morgan fingerprint density at radius 2 is 2.15 bits per heavy atom. The number of nitrogens with two attached hydrogens (primary N) is 1. The largest absolute Gasteiger partial charge is 0.429 e. The second kappa shape index (κ2) is 4.30. The van der Waals surface area contributed by atoms with E-state index in [1.54, 1.807) is 0 Å². The molecule has 0 atom stereocenters. The summed E-state index contributed by atoms with van der Waals surface area (Å²) in [6.07, 6.45) is 3.32. The second-order valence-corrected chi connectivity index (χ2v) is 3.85. The van der Waals surface area contributed by atoms with E-state index < -0.39 is 0 Å². The molecule has 0 radical (unpaired) electrons. The lowest BCUT2D eigenvalue weighted by Crippen LogP contribution is -1.91. The zero-order valence-electron chi connectivity index (χ0n) is 8.63. The van der Waals surface area contributed by atoms with E-state index in [-0.39, 0.29) is 6.01 Å². The Kier molecular flexibility index (Phi) is 3.34. The molecule has 0 amide bonds. The molecule has 0 fully saturated rings. The first kappa shape index (κ1) is 10.1. The normalized spacial score (nSPS) is 11.1. The van der Waals surface area contributed by atoms with E-state index in [0.717, 1.165) is 30.2 Å². The monoisotopic (exact) mass is 182 g/mol. The third kappa shape index (κ3) is 3.09. The molecule has 1 aromatic heterocycles. The molecule has 3 heteroatoms. The molecule has 0 aliphatic heterocycles. The van der Waals surface area contributed by atoms with Gasteiger partial charge in [-0.05, 0) is 19.3 Å². The summed E-state index contributed by atoms with van der Waals surface area (Å²) in [5.74, 6) is 1.69. The Balaban J connectivity index is 2.40. The fraction of sp³-hybridized carbons (Fsp3) is 0.700. The lowest BCUT2D eigenvalue weighted by atomic mass is 10.1. The maximum absolute atomic E-state index is 5.43. The van der Waals surface area contributed by atoms with Gasteiger partial charge in [-0.25, -0.2) is 0 Å². The first-order valence-electron chi connectivity index (χ1n) is 4.81. The number of nitrogens with zero attached hydrogens (tertiary/aromatic N) is 1. The van der Waals surface area contributed by atoms with Crippen molar-refractivity contribution in [2.75, 3.05) is 5.73 Å². The molecule has 1 rings (SSSR count).